The predicted octanol–water partition coefficient (Wildman–Crippen LogP) is 5.60. The molecule has 0 bridgehead atoms. The average molecular weight is 490 g/mol. The number of aromatic nitrogens is 2. The zero-order valence-corrected chi connectivity index (χ0v) is 21.2. The van der Waals surface area contributed by atoms with Crippen molar-refractivity contribution in [2.75, 3.05) is 19.8 Å². The summed E-state index contributed by atoms with van der Waals surface area (Å²) >= 11 is 0. The van der Waals surface area contributed by atoms with E-state index in [1.807, 2.05) is 84.4 Å². The van der Waals surface area contributed by atoms with Crippen LogP contribution in [0.5, 0.6) is 11.6 Å². The zero-order chi connectivity index (χ0) is 25.3. The molecule has 0 aliphatic rings. The third kappa shape index (κ3) is 7.07. The molecule has 2 aromatic carbocycles. The first kappa shape index (κ1) is 25.7. The highest BCUT2D eigenvalue weighted by atomic mass is 16.5. The van der Waals surface area contributed by atoms with Gasteiger partial charge in [-0.05, 0) is 49.2 Å². The molecule has 0 amide bonds. The Bertz CT molecular complexity index is 1170. The summed E-state index contributed by atoms with van der Waals surface area (Å²) in [7, 11) is 0. The number of benzene rings is 2. The van der Waals surface area contributed by atoms with E-state index in [2.05, 4.69) is 18.7 Å². The fraction of sp³-hybridized carbons (Fsp3) is 0.345. The summed E-state index contributed by atoms with van der Waals surface area (Å²) < 4.78 is 19.6. The van der Waals surface area contributed by atoms with Crippen LogP contribution in [0.4, 0.5) is 0 Å². The topological polar surface area (TPSA) is 72.9 Å². The van der Waals surface area contributed by atoms with Crippen molar-refractivity contribution in [1.82, 2.24) is 14.7 Å². The lowest BCUT2D eigenvalue weighted by molar-refractivity contribution is 0.00448. The summed E-state index contributed by atoms with van der Waals surface area (Å²) in [5.41, 5.74) is 2.72. The maximum Gasteiger partial charge on any atom is 0.227 e. The number of ether oxygens (including phenoxy) is 2. The summed E-state index contributed by atoms with van der Waals surface area (Å²) in [6.07, 6.45) is 1.03. The SMILES string of the molecule is Cc1nn(-c2ccccc2)c(Oc2ccccc2)c1CN(Cc1ccco1)CC(O)COCC(C)C. The average Bonchev–Trinajstić information content (AvgIpc) is 3.48. The van der Waals surface area contributed by atoms with Crippen molar-refractivity contribution in [2.45, 2.75) is 40.0 Å². The van der Waals surface area contributed by atoms with Gasteiger partial charge in [0.25, 0.3) is 0 Å². The molecule has 36 heavy (non-hydrogen) atoms. The van der Waals surface area contributed by atoms with Crippen LogP contribution in [0.1, 0.15) is 30.9 Å². The fourth-order valence-corrected chi connectivity index (χ4v) is 3.99. The Hall–Kier alpha value is -3.39. The molecule has 2 heterocycles. The highest BCUT2D eigenvalue weighted by Gasteiger charge is 2.23. The Morgan fingerprint density at radius 3 is 2.33 bits per heavy atom. The highest BCUT2D eigenvalue weighted by Crippen LogP contribution is 2.32. The maximum atomic E-state index is 10.7. The lowest BCUT2D eigenvalue weighted by Gasteiger charge is -2.25. The molecule has 4 rings (SSSR count). The molecule has 2 aromatic heterocycles. The second kappa shape index (κ2) is 12.5. The minimum atomic E-state index is -0.637. The Labute approximate surface area is 212 Å². The van der Waals surface area contributed by atoms with Gasteiger partial charge < -0.3 is 19.0 Å². The number of furan rings is 1. The molecule has 0 aliphatic heterocycles. The van der Waals surface area contributed by atoms with Crippen molar-refractivity contribution in [2.24, 2.45) is 5.92 Å². The second-order valence-electron chi connectivity index (χ2n) is 9.37. The molecular weight excluding hydrogens is 454 g/mol. The van der Waals surface area contributed by atoms with Crippen LogP contribution >= 0.6 is 0 Å². The van der Waals surface area contributed by atoms with Gasteiger partial charge in [0.15, 0.2) is 0 Å². The van der Waals surface area contributed by atoms with E-state index in [1.54, 1.807) is 6.26 Å². The summed E-state index contributed by atoms with van der Waals surface area (Å²) in [5, 5.41) is 15.6. The van der Waals surface area contributed by atoms with Crippen LogP contribution in [-0.4, -0.2) is 45.6 Å². The smallest absolute Gasteiger partial charge is 0.227 e. The van der Waals surface area contributed by atoms with Gasteiger partial charge in [-0.25, -0.2) is 4.68 Å². The lowest BCUT2D eigenvalue weighted by atomic mass is 10.2. The molecule has 190 valence electrons. The van der Waals surface area contributed by atoms with Crippen molar-refractivity contribution < 1.29 is 19.0 Å². The van der Waals surface area contributed by atoms with Gasteiger partial charge in [-0.2, -0.15) is 5.10 Å². The van der Waals surface area contributed by atoms with Crippen LogP contribution in [-0.2, 0) is 17.8 Å². The largest absolute Gasteiger partial charge is 0.468 e. The number of aryl methyl sites for hydroxylation is 1. The second-order valence-corrected chi connectivity index (χ2v) is 9.37. The summed E-state index contributed by atoms with van der Waals surface area (Å²) in [5.74, 6) is 2.62. The fourth-order valence-electron chi connectivity index (χ4n) is 3.99. The zero-order valence-electron chi connectivity index (χ0n) is 21.2. The molecule has 0 aliphatic carbocycles. The Balaban J connectivity index is 1.63. The van der Waals surface area contributed by atoms with Crippen molar-refractivity contribution >= 4 is 0 Å². The number of nitrogens with zero attached hydrogens (tertiary/aromatic N) is 3. The Morgan fingerprint density at radius 1 is 0.944 bits per heavy atom. The third-order valence-corrected chi connectivity index (χ3v) is 5.67. The van der Waals surface area contributed by atoms with Crippen LogP contribution < -0.4 is 4.74 Å². The Kier molecular flexibility index (Phi) is 8.95. The predicted molar refractivity (Wildman–Crippen MR) is 139 cm³/mol. The monoisotopic (exact) mass is 489 g/mol. The van der Waals surface area contributed by atoms with Gasteiger partial charge in [-0.3, -0.25) is 4.90 Å². The van der Waals surface area contributed by atoms with Gasteiger partial charge >= 0.3 is 0 Å². The number of rotatable bonds is 13. The first-order valence-electron chi connectivity index (χ1n) is 12.4. The maximum absolute atomic E-state index is 10.7. The highest BCUT2D eigenvalue weighted by molar-refractivity contribution is 5.43. The van der Waals surface area contributed by atoms with E-state index in [9.17, 15) is 5.11 Å². The molecule has 1 unspecified atom stereocenters. The van der Waals surface area contributed by atoms with E-state index in [0.717, 1.165) is 28.5 Å². The first-order chi connectivity index (χ1) is 17.5. The lowest BCUT2D eigenvalue weighted by Crippen LogP contribution is -2.34. The number of aliphatic hydroxyl groups excluding tert-OH is 1. The van der Waals surface area contributed by atoms with Crippen molar-refractivity contribution in [3.8, 4) is 17.3 Å². The van der Waals surface area contributed by atoms with Gasteiger partial charge in [-0.1, -0.05) is 50.2 Å². The van der Waals surface area contributed by atoms with Crippen molar-refractivity contribution in [3.63, 3.8) is 0 Å². The molecule has 4 aromatic rings. The van der Waals surface area contributed by atoms with Crippen LogP contribution in [0.3, 0.4) is 0 Å². The quantitative estimate of drug-likeness (QED) is 0.263. The van der Waals surface area contributed by atoms with E-state index in [4.69, 9.17) is 19.0 Å². The molecule has 0 spiro atoms. The van der Waals surface area contributed by atoms with E-state index < -0.39 is 6.10 Å². The molecular formula is C29H35N3O4. The molecule has 1 atom stereocenters. The first-order valence-corrected chi connectivity index (χ1v) is 12.4. The standard InChI is InChI=1S/C29H35N3O4/c1-22(2)20-34-21-25(33)17-31(18-27-15-10-16-35-27)19-28-23(3)30-32(24-11-6-4-7-12-24)29(28)36-26-13-8-5-9-14-26/h4-16,22,25,33H,17-21H2,1-3H3. The molecule has 7 heteroatoms. The van der Waals surface area contributed by atoms with Crippen LogP contribution in [0.2, 0.25) is 0 Å². The van der Waals surface area contributed by atoms with Gasteiger partial charge in [-0.15, -0.1) is 0 Å². The third-order valence-electron chi connectivity index (χ3n) is 5.67. The molecule has 0 saturated carbocycles. The van der Waals surface area contributed by atoms with E-state index in [1.165, 1.54) is 0 Å². The molecule has 1 N–H and O–H groups in total. The number of para-hydroxylation sites is 2. The van der Waals surface area contributed by atoms with Crippen molar-refractivity contribution in [1.29, 1.82) is 0 Å². The van der Waals surface area contributed by atoms with Gasteiger partial charge in [0.1, 0.15) is 11.5 Å². The molecule has 7 nitrogen and oxygen atoms in total. The number of hydrogen-bond acceptors (Lipinski definition) is 6. The Morgan fingerprint density at radius 2 is 1.67 bits per heavy atom. The number of hydrogen-bond donors (Lipinski definition) is 1. The van der Waals surface area contributed by atoms with E-state index in [-0.39, 0.29) is 6.61 Å². The van der Waals surface area contributed by atoms with Gasteiger partial charge in [0.2, 0.25) is 5.88 Å². The van der Waals surface area contributed by atoms with Crippen LogP contribution in [0.15, 0.2) is 83.5 Å². The minimum Gasteiger partial charge on any atom is -0.468 e. The van der Waals surface area contributed by atoms with Gasteiger partial charge in [0.05, 0.1) is 42.5 Å². The summed E-state index contributed by atoms with van der Waals surface area (Å²) in [6.45, 7) is 8.54. The summed E-state index contributed by atoms with van der Waals surface area (Å²) in [4.78, 5) is 2.14. The van der Waals surface area contributed by atoms with Gasteiger partial charge in [0, 0.05) is 19.7 Å². The van der Waals surface area contributed by atoms with E-state index in [0.29, 0.717) is 38.0 Å². The number of aliphatic hydroxyl groups is 1. The van der Waals surface area contributed by atoms with E-state index >= 15 is 0 Å². The van der Waals surface area contributed by atoms with Crippen molar-refractivity contribution in [3.05, 3.63) is 96.1 Å². The normalized spacial score (nSPS) is 12.4. The van der Waals surface area contributed by atoms with Crippen LogP contribution in [0, 0.1) is 12.8 Å². The molecule has 0 fully saturated rings. The summed E-state index contributed by atoms with van der Waals surface area (Å²) in [6, 6.07) is 23.5. The molecule has 0 saturated heterocycles. The minimum absolute atomic E-state index is 0.280. The molecule has 0 radical (unpaired) electrons. The van der Waals surface area contributed by atoms with Crippen LogP contribution in [0.25, 0.3) is 5.69 Å².